The number of piperidine rings is 2. The van der Waals surface area contributed by atoms with Crippen molar-refractivity contribution in [1.29, 1.82) is 0 Å². The summed E-state index contributed by atoms with van der Waals surface area (Å²) >= 11 is 0. The molecule has 0 spiro atoms. The average Bonchev–Trinajstić information content (AvgIpc) is 2.64. The van der Waals surface area contributed by atoms with E-state index in [9.17, 15) is 13.2 Å². The fourth-order valence-corrected chi connectivity index (χ4v) is 5.31. The fourth-order valence-electron chi connectivity index (χ4n) is 3.63. The quantitative estimate of drug-likeness (QED) is 0.877. The monoisotopic (exact) mass is 365 g/mol. The first-order chi connectivity index (χ1) is 12.0. The largest absolute Gasteiger partial charge is 0.352 e. The highest BCUT2D eigenvalue weighted by atomic mass is 32.2. The molecule has 3 rings (SSSR count). The van der Waals surface area contributed by atoms with Gasteiger partial charge in [0, 0.05) is 12.6 Å². The SMILES string of the molecule is CN1CCC(NC(=O)[C@@H]2CCCCN2S(=O)(=O)c2ccccc2)CC1. The summed E-state index contributed by atoms with van der Waals surface area (Å²) in [5.74, 6) is -0.145. The molecule has 2 aliphatic heterocycles. The lowest BCUT2D eigenvalue weighted by atomic mass is 10.0. The molecule has 6 nitrogen and oxygen atoms in total. The van der Waals surface area contributed by atoms with Gasteiger partial charge < -0.3 is 10.2 Å². The number of likely N-dealkylation sites (tertiary alicyclic amines) is 1. The van der Waals surface area contributed by atoms with Crippen molar-refractivity contribution in [1.82, 2.24) is 14.5 Å². The maximum Gasteiger partial charge on any atom is 0.243 e. The van der Waals surface area contributed by atoms with E-state index in [2.05, 4.69) is 17.3 Å². The minimum Gasteiger partial charge on any atom is -0.352 e. The molecule has 25 heavy (non-hydrogen) atoms. The molecule has 1 aromatic carbocycles. The van der Waals surface area contributed by atoms with Gasteiger partial charge in [0.25, 0.3) is 0 Å². The van der Waals surface area contributed by atoms with Crippen LogP contribution in [-0.4, -0.2) is 62.3 Å². The first-order valence-corrected chi connectivity index (χ1v) is 10.5. The number of amides is 1. The van der Waals surface area contributed by atoms with Crippen LogP contribution in [0, 0.1) is 0 Å². The van der Waals surface area contributed by atoms with Crippen LogP contribution in [0.15, 0.2) is 35.2 Å². The second-order valence-corrected chi connectivity index (χ2v) is 8.92. The minimum absolute atomic E-state index is 0.145. The van der Waals surface area contributed by atoms with Crippen LogP contribution in [0.25, 0.3) is 0 Å². The zero-order chi connectivity index (χ0) is 17.9. The van der Waals surface area contributed by atoms with Crippen molar-refractivity contribution in [3.8, 4) is 0 Å². The number of hydrogen-bond acceptors (Lipinski definition) is 4. The summed E-state index contributed by atoms with van der Waals surface area (Å²) < 4.78 is 27.4. The molecule has 0 radical (unpaired) electrons. The second-order valence-electron chi connectivity index (χ2n) is 7.03. The predicted octanol–water partition coefficient (Wildman–Crippen LogP) is 1.44. The molecule has 0 saturated carbocycles. The lowest BCUT2D eigenvalue weighted by molar-refractivity contribution is -0.126. The van der Waals surface area contributed by atoms with Gasteiger partial charge in [-0.1, -0.05) is 24.6 Å². The Morgan fingerprint density at radius 1 is 1.04 bits per heavy atom. The van der Waals surface area contributed by atoms with Crippen molar-refractivity contribution in [2.75, 3.05) is 26.7 Å². The third-order valence-corrected chi connectivity index (χ3v) is 7.09. The molecule has 0 aliphatic carbocycles. The molecular weight excluding hydrogens is 338 g/mol. The summed E-state index contributed by atoms with van der Waals surface area (Å²) in [6.45, 7) is 2.33. The molecule has 2 fully saturated rings. The number of sulfonamides is 1. The smallest absolute Gasteiger partial charge is 0.243 e. The van der Waals surface area contributed by atoms with Crippen molar-refractivity contribution in [3.63, 3.8) is 0 Å². The van der Waals surface area contributed by atoms with E-state index in [0.29, 0.717) is 13.0 Å². The van der Waals surface area contributed by atoms with E-state index >= 15 is 0 Å². The highest BCUT2D eigenvalue weighted by Crippen LogP contribution is 2.25. The highest BCUT2D eigenvalue weighted by Gasteiger charge is 2.38. The maximum absolute atomic E-state index is 13.0. The minimum atomic E-state index is -3.64. The van der Waals surface area contributed by atoms with Crippen LogP contribution < -0.4 is 5.32 Å². The van der Waals surface area contributed by atoms with Crippen molar-refractivity contribution in [3.05, 3.63) is 30.3 Å². The van der Waals surface area contributed by atoms with E-state index in [-0.39, 0.29) is 16.8 Å². The number of carbonyl (C=O) groups excluding carboxylic acids is 1. The van der Waals surface area contributed by atoms with Crippen LogP contribution in [0.2, 0.25) is 0 Å². The molecule has 1 N–H and O–H groups in total. The molecule has 0 aromatic heterocycles. The summed E-state index contributed by atoms with van der Waals surface area (Å²) in [4.78, 5) is 15.3. The van der Waals surface area contributed by atoms with Crippen LogP contribution in [-0.2, 0) is 14.8 Å². The number of benzene rings is 1. The summed E-state index contributed by atoms with van der Waals surface area (Å²) in [5.41, 5.74) is 0. The Labute approximate surface area is 150 Å². The predicted molar refractivity (Wildman–Crippen MR) is 96.6 cm³/mol. The van der Waals surface area contributed by atoms with Gasteiger partial charge >= 0.3 is 0 Å². The van der Waals surface area contributed by atoms with Crippen LogP contribution in [0.3, 0.4) is 0 Å². The molecule has 0 bridgehead atoms. The topological polar surface area (TPSA) is 69.7 Å². The molecular formula is C18H27N3O3S. The Morgan fingerprint density at radius 2 is 1.72 bits per heavy atom. The highest BCUT2D eigenvalue weighted by molar-refractivity contribution is 7.89. The third kappa shape index (κ3) is 4.22. The van der Waals surface area contributed by atoms with E-state index < -0.39 is 16.1 Å². The van der Waals surface area contributed by atoms with Gasteiger partial charge in [-0.3, -0.25) is 4.79 Å². The van der Waals surface area contributed by atoms with Crippen molar-refractivity contribution in [2.45, 2.75) is 49.1 Å². The number of rotatable bonds is 4. The van der Waals surface area contributed by atoms with Crippen LogP contribution in [0.4, 0.5) is 0 Å². The van der Waals surface area contributed by atoms with Crippen LogP contribution >= 0.6 is 0 Å². The van der Waals surface area contributed by atoms with Gasteiger partial charge in [-0.15, -0.1) is 0 Å². The molecule has 0 unspecified atom stereocenters. The first-order valence-electron chi connectivity index (χ1n) is 9.04. The Bertz CT molecular complexity index is 685. The normalized spacial score (nSPS) is 24.1. The van der Waals surface area contributed by atoms with Gasteiger partial charge in [0.05, 0.1) is 4.90 Å². The summed E-state index contributed by atoms with van der Waals surface area (Å²) in [5, 5.41) is 3.09. The Balaban J connectivity index is 1.73. The van der Waals surface area contributed by atoms with E-state index in [4.69, 9.17) is 0 Å². The summed E-state index contributed by atoms with van der Waals surface area (Å²) in [6.07, 6.45) is 4.10. The first kappa shape index (κ1) is 18.4. The Kier molecular flexibility index (Phi) is 5.76. The van der Waals surface area contributed by atoms with Crippen molar-refractivity contribution < 1.29 is 13.2 Å². The van der Waals surface area contributed by atoms with E-state index in [1.54, 1.807) is 30.3 Å². The molecule has 1 aromatic rings. The van der Waals surface area contributed by atoms with E-state index in [1.165, 1.54) is 4.31 Å². The fraction of sp³-hybridized carbons (Fsp3) is 0.611. The van der Waals surface area contributed by atoms with E-state index in [1.807, 2.05) is 0 Å². The maximum atomic E-state index is 13.0. The molecule has 1 amide bonds. The second kappa shape index (κ2) is 7.85. The summed E-state index contributed by atoms with van der Waals surface area (Å²) in [7, 11) is -1.56. The van der Waals surface area contributed by atoms with Gasteiger partial charge in [0.2, 0.25) is 15.9 Å². The number of hydrogen-bond donors (Lipinski definition) is 1. The van der Waals surface area contributed by atoms with Crippen LogP contribution in [0.1, 0.15) is 32.1 Å². The standard InChI is InChI=1S/C18H27N3O3S/c1-20-13-10-15(11-14-20)19-18(22)17-9-5-6-12-21(17)25(23,24)16-7-3-2-4-8-16/h2-4,7-8,15,17H,5-6,9-14H2,1H3,(H,19,22)/t17-/m0/s1. The molecule has 2 aliphatic rings. The molecule has 2 saturated heterocycles. The molecule has 138 valence electrons. The Hall–Kier alpha value is -1.44. The zero-order valence-electron chi connectivity index (χ0n) is 14.7. The van der Waals surface area contributed by atoms with Crippen molar-refractivity contribution in [2.24, 2.45) is 0 Å². The number of carbonyl (C=O) groups is 1. The van der Waals surface area contributed by atoms with Crippen molar-refractivity contribution >= 4 is 15.9 Å². The Morgan fingerprint density at radius 3 is 2.40 bits per heavy atom. The average molecular weight is 365 g/mol. The van der Waals surface area contributed by atoms with Gasteiger partial charge in [0.15, 0.2) is 0 Å². The number of nitrogens with zero attached hydrogens (tertiary/aromatic N) is 2. The summed E-state index contributed by atoms with van der Waals surface area (Å²) in [6, 6.07) is 7.95. The van der Waals surface area contributed by atoms with Gasteiger partial charge in [-0.2, -0.15) is 4.31 Å². The lowest BCUT2D eigenvalue weighted by Gasteiger charge is -2.36. The third-order valence-electron chi connectivity index (χ3n) is 5.17. The van der Waals surface area contributed by atoms with Gasteiger partial charge in [0.1, 0.15) is 6.04 Å². The lowest BCUT2D eigenvalue weighted by Crippen LogP contribution is -2.54. The zero-order valence-corrected chi connectivity index (χ0v) is 15.5. The molecule has 1 atom stereocenters. The van der Waals surface area contributed by atoms with Gasteiger partial charge in [-0.05, 0) is 58.0 Å². The number of nitrogens with one attached hydrogen (secondary N) is 1. The molecule has 2 heterocycles. The molecule has 7 heteroatoms. The van der Waals surface area contributed by atoms with Gasteiger partial charge in [-0.25, -0.2) is 8.42 Å². The van der Waals surface area contributed by atoms with Crippen LogP contribution in [0.5, 0.6) is 0 Å². The van der Waals surface area contributed by atoms with E-state index in [0.717, 1.165) is 38.8 Å².